The molecule has 0 saturated carbocycles. The molecule has 0 aromatic carbocycles. The van der Waals surface area contributed by atoms with E-state index in [1.54, 1.807) is 7.11 Å². The number of hydrogen-bond donors (Lipinski definition) is 0. The standard InChI is InChI=1S/C14H28N2O/c1-13(7-11-17-2)16-10-5-9-15-8-4-3-6-14(15)12-16/h13-14H,3-12H2,1-2H3. The molecule has 2 unspecified atom stereocenters. The molecule has 17 heavy (non-hydrogen) atoms. The lowest BCUT2D eigenvalue weighted by molar-refractivity contribution is 0.106. The van der Waals surface area contributed by atoms with Crippen LogP contribution < -0.4 is 0 Å². The van der Waals surface area contributed by atoms with E-state index in [-0.39, 0.29) is 0 Å². The molecule has 0 aromatic heterocycles. The van der Waals surface area contributed by atoms with Crippen LogP contribution in [0.1, 0.15) is 39.0 Å². The minimum atomic E-state index is 0.678. The van der Waals surface area contributed by atoms with Crippen LogP contribution in [0.25, 0.3) is 0 Å². The zero-order valence-corrected chi connectivity index (χ0v) is 11.5. The normalized spacial score (nSPS) is 29.6. The molecule has 2 heterocycles. The van der Waals surface area contributed by atoms with Gasteiger partial charge in [-0.05, 0) is 52.2 Å². The van der Waals surface area contributed by atoms with Gasteiger partial charge in [0.15, 0.2) is 0 Å². The second-order valence-electron chi connectivity index (χ2n) is 5.66. The average molecular weight is 240 g/mol. The Hall–Kier alpha value is -0.120. The van der Waals surface area contributed by atoms with E-state index in [1.165, 1.54) is 58.3 Å². The van der Waals surface area contributed by atoms with Crippen molar-refractivity contribution in [1.82, 2.24) is 9.80 Å². The molecule has 2 aliphatic heterocycles. The van der Waals surface area contributed by atoms with E-state index in [9.17, 15) is 0 Å². The van der Waals surface area contributed by atoms with Crippen molar-refractivity contribution >= 4 is 0 Å². The van der Waals surface area contributed by atoms with Crippen molar-refractivity contribution in [3.05, 3.63) is 0 Å². The van der Waals surface area contributed by atoms with Crippen LogP contribution in [-0.2, 0) is 4.74 Å². The van der Waals surface area contributed by atoms with Gasteiger partial charge in [-0.3, -0.25) is 9.80 Å². The van der Waals surface area contributed by atoms with Gasteiger partial charge in [0.2, 0.25) is 0 Å². The van der Waals surface area contributed by atoms with Crippen LogP contribution >= 0.6 is 0 Å². The third kappa shape index (κ3) is 3.67. The maximum absolute atomic E-state index is 5.20. The van der Waals surface area contributed by atoms with Crippen molar-refractivity contribution in [2.75, 3.05) is 39.9 Å². The lowest BCUT2D eigenvalue weighted by Gasteiger charge is -2.37. The Balaban J connectivity index is 1.86. The van der Waals surface area contributed by atoms with E-state index in [0.717, 1.165) is 12.6 Å². The Bertz CT molecular complexity index is 222. The SMILES string of the molecule is COCCC(C)N1CCCN2CCCCC2C1. The molecule has 3 heteroatoms. The Kier molecular flexibility index (Phi) is 5.26. The van der Waals surface area contributed by atoms with Crippen LogP contribution in [0.5, 0.6) is 0 Å². The molecule has 0 amide bonds. The molecule has 2 atom stereocenters. The number of rotatable bonds is 4. The summed E-state index contributed by atoms with van der Waals surface area (Å²) in [4.78, 5) is 5.42. The van der Waals surface area contributed by atoms with Gasteiger partial charge in [0.25, 0.3) is 0 Å². The van der Waals surface area contributed by atoms with Gasteiger partial charge >= 0.3 is 0 Å². The van der Waals surface area contributed by atoms with E-state index in [1.807, 2.05) is 0 Å². The third-order valence-corrected chi connectivity index (χ3v) is 4.45. The summed E-state index contributed by atoms with van der Waals surface area (Å²) in [6.45, 7) is 8.47. The highest BCUT2D eigenvalue weighted by atomic mass is 16.5. The number of hydrogen-bond acceptors (Lipinski definition) is 3. The van der Waals surface area contributed by atoms with E-state index >= 15 is 0 Å². The highest BCUT2D eigenvalue weighted by Crippen LogP contribution is 2.22. The van der Waals surface area contributed by atoms with Gasteiger partial charge in [-0.2, -0.15) is 0 Å². The van der Waals surface area contributed by atoms with Crippen LogP contribution in [0.4, 0.5) is 0 Å². The molecule has 2 fully saturated rings. The first-order valence-electron chi connectivity index (χ1n) is 7.28. The number of piperidine rings is 1. The molecule has 2 aliphatic rings. The summed E-state index contributed by atoms with van der Waals surface area (Å²) in [6.07, 6.45) is 6.77. The highest BCUT2D eigenvalue weighted by molar-refractivity contribution is 4.84. The Morgan fingerprint density at radius 2 is 2.00 bits per heavy atom. The second-order valence-corrected chi connectivity index (χ2v) is 5.66. The first-order chi connectivity index (χ1) is 8.31. The number of methoxy groups -OCH3 is 1. The first-order valence-corrected chi connectivity index (χ1v) is 7.28. The van der Waals surface area contributed by atoms with Gasteiger partial charge in [0, 0.05) is 32.3 Å². The van der Waals surface area contributed by atoms with Crippen molar-refractivity contribution < 1.29 is 4.74 Å². The fraction of sp³-hybridized carbons (Fsp3) is 1.00. The van der Waals surface area contributed by atoms with Crippen LogP contribution in [0, 0.1) is 0 Å². The predicted octanol–water partition coefficient (Wildman–Crippen LogP) is 1.97. The molecule has 2 saturated heterocycles. The number of nitrogens with zero attached hydrogens (tertiary/aromatic N) is 2. The van der Waals surface area contributed by atoms with Crippen molar-refractivity contribution in [1.29, 1.82) is 0 Å². The Labute approximate surface area is 106 Å². The van der Waals surface area contributed by atoms with Gasteiger partial charge in [-0.1, -0.05) is 6.42 Å². The molecule has 2 rings (SSSR count). The summed E-state index contributed by atoms with van der Waals surface area (Å²) in [5, 5.41) is 0. The Morgan fingerprint density at radius 1 is 1.18 bits per heavy atom. The van der Waals surface area contributed by atoms with Crippen LogP contribution in [0.2, 0.25) is 0 Å². The summed E-state index contributed by atoms with van der Waals surface area (Å²) >= 11 is 0. The monoisotopic (exact) mass is 240 g/mol. The molecular weight excluding hydrogens is 212 g/mol. The summed E-state index contributed by atoms with van der Waals surface area (Å²) in [5.41, 5.74) is 0. The first kappa shape index (κ1) is 13.3. The summed E-state index contributed by atoms with van der Waals surface area (Å²) in [7, 11) is 1.80. The van der Waals surface area contributed by atoms with Crippen molar-refractivity contribution in [2.24, 2.45) is 0 Å². The topological polar surface area (TPSA) is 15.7 Å². The van der Waals surface area contributed by atoms with E-state index in [4.69, 9.17) is 4.74 Å². The van der Waals surface area contributed by atoms with E-state index < -0.39 is 0 Å². The zero-order valence-electron chi connectivity index (χ0n) is 11.5. The second kappa shape index (κ2) is 6.72. The van der Waals surface area contributed by atoms with Crippen LogP contribution in [-0.4, -0.2) is 61.8 Å². The van der Waals surface area contributed by atoms with Gasteiger partial charge in [-0.25, -0.2) is 0 Å². The fourth-order valence-corrected chi connectivity index (χ4v) is 3.27. The van der Waals surface area contributed by atoms with Crippen LogP contribution in [0.3, 0.4) is 0 Å². The maximum atomic E-state index is 5.20. The summed E-state index contributed by atoms with van der Waals surface area (Å²) < 4.78 is 5.20. The third-order valence-electron chi connectivity index (χ3n) is 4.45. The number of ether oxygens (including phenoxy) is 1. The lowest BCUT2D eigenvalue weighted by atomic mass is 10.0. The summed E-state index contributed by atoms with van der Waals surface area (Å²) in [5.74, 6) is 0. The van der Waals surface area contributed by atoms with Gasteiger partial charge in [0.1, 0.15) is 0 Å². The molecular formula is C14H28N2O. The largest absolute Gasteiger partial charge is 0.385 e. The summed E-state index contributed by atoms with van der Waals surface area (Å²) in [6, 6.07) is 1.51. The minimum Gasteiger partial charge on any atom is -0.385 e. The van der Waals surface area contributed by atoms with Crippen molar-refractivity contribution in [3.63, 3.8) is 0 Å². The quantitative estimate of drug-likeness (QED) is 0.747. The van der Waals surface area contributed by atoms with Gasteiger partial charge in [0.05, 0.1) is 0 Å². The van der Waals surface area contributed by atoms with E-state index in [2.05, 4.69) is 16.7 Å². The molecule has 0 aliphatic carbocycles. The predicted molar refractivity (Wildman–Crippen MR) is 71.4 cm³/mol. The van der Waals surface area contributed by atoms with Crippen molar-refractivity contribution in [3.8, 4) is 0 Å². The van der Waals surface area contributed by atoms with Crippen molar-refractivity contribution in [2.45, 2.75) is 51.1 Å². The lowest BCUT2D eigenvalue weighted by Crippen LogP contribution is -2.46. The zero-order chi connectivity index (χ0) is 12.1. The number of fused-ring (bicyclic) bond motifs is 1. The maximum Gasteiger partial charge on any atom is 0.0477 e. The van der Waals surface area contributed by atoms with E-state index in [0.29, 0.717) is 6.04 Å². The minimum absolute atomic E-state index is 0.678. The highest BCUT2D eigenvalue weighted by Gasteiger charge is 2.28. The fourth-order valence-electron chi connectivity index (χ4n) is 3.27. The molecule has 0 N–H and O–H groups in total. The Morgan fingerprint density at radius 3 is 2.82 bits per heavy atom. The molecule has 0 bridgehead atoms. The van der Waals surface area contributed by atoms with Gasteiger partial charge in [-0.15, -0.1) is 0 Å². The van der Waals surface area contributed by atoms with Gasteiger partial charge < -0.3 is 4.74 Å². The molecule has 3 nitrogen and oxygen atoms in total. The molecule has 0 spiro atoms. The smallest absolute Gasteiger partial charge is 0.0477 e. The average Bonchev–Trinajstić information content (AvgIpc) is 2.58. The molecule has 0 aromatic rings. The molecule has 0 radical (unpaired) electrons. The molecule has 100 valence electrons. The van der Waals surface area contributed by atoms with Crippen LogP contribution in [0.15, 0.2) is 0 Å².